The largest absolute Gasteiger partial charge is 0.126 e. The van der Waals surface area contributed by atoms with E-state index in [9.17, 15) is 0 Å². The van der Waals surface area contributed by atoms with Gasteiger partial charge in [-0.2, -0.15) is 0 Å². The summed E-state index contributed by atoms with van der Waals surface area (Å²) in [7, 11) is 0. The van der Waals surface area contributed by atoms with Crippen molar-refractivity contribution in [2.45, 2.75) is 12.8 Å². The summed E-state index contributed by atoms with van der Waals surface area (Å²) >= 11 is 35.8. The van der Waals surface area contributed by atoms with E-state index in [-0.39, 0.29) is 0 Å². The molecule has 0 saturated carbocycles. The average Bonchev–Trinajstić information content (AvgIpc) is 2.28. The van der Waals surface area contributed by atoms with Crippen LogP contribution in [0.1, 0.15) is 11.1 Å². The molecule has 90 valence electrons. The molecule has 0 spiro atoms. The Morgan fingerprint density at radius 3 is 1.00 bits per heavy atom. The molecule has 0 aliphatic rings. The fourth-order valence-electron chi connectivity index (χ4n) is 1.35. The molecule has 0 fully saturated rings. The highest BCUT2D eigenvalue weighted by atomic mass is 35.5. The normalized spacial score (nSPS) is 10.9. The van der Waals surface area contributed by atoms with Crippen LogP contribution in [0.15, 0.2) is 0 Å². The van der Waals surface area contributed by atoms with Crippen LogP contribution in [0.4, 0.5) is 0 Å². The Kier molecular flexibility index (Phi) is 6.36. The van der Waals surface area contributed by atoms with Crippen LogP contribution in [0.2, 0.25) is 20.1 Å². The first kappa shape index (κ1) is 15.0. The van der Waals surface area contributed by atoms with Gasteiger partial charge < -0.3 is 0 Å². The van der Waals surface area contributed by atoms with Gasteiger partial charge in [0.1, 0.15) is 0 Å². The lowest BCUT2D eigenvalue weighted by Crippen LogP contribution is -1.98. The SMILES string of the molecule is ClCCc1c(Cl)c(Cl)c(CCCl)c(Cl)c1Cl. The second-order valence-electron chi connectivity index (χ2n) is 3.09. The second-order valence-corrected chi connectivity index (χ2v) is 5.36. The summed E-state index contributed by atoms with van der Waals surface area (Å²) in [6.45, 7) is 0. The molecular weight excluding hydrogens is 333 g/mol. The number of benzene rings is 1. The van der Waals surface area contributed by atoms with Gasteiger partial charge in [-0.05, 0) is 24.0 Å². The van der Waals surface area contributed by atoms with Crippen LogP contribution in [0.5, 0.6) is 0 Å². The van der Waals surface area contributed by atoms with Gasteiger partial charge in [0.05, 0.1) is 20.1 Å². The van der Waals surface area contributed by atoms with E-state index in [1.54, 1.807) is 0 Å². The first-order chi connectivity index (χ1) is 7.54. The molecule has 16 heavy (non-hydrogen) atoms. The lowest BCUT2D eigenvalue weighted by molar-refractivity contribution is 1.11. The molecule has 0 aliphatic heterocycles. The third kappa shape index (κ3) is 3.04. The Bertz CT molecular complexity index is 321. The van der Waals surface area contributed by atoms with Crippen molar-refractivity contribution in [2.75, 3.05) is 11.8 Å². The van der Waals surface area contributed by atoms with Gasteiger partial charge >= 0.3 is 0 Å². The summed E-state index contributed by atoms with van der Waals surface area (Å²) in [4.78, 5) is 0. The van der Waals surface area contributed by atoms with Crippen LogP contribution in [0.25, 0.3) is 0 Å². The van der Waals surface area contributed by atoms with E-state index in [0.717, 1.165) is 0 Å². The van der Waals surface area contributed by atoms with Crippen LogP contribution in [0.3, 0.4) is 0 Å². The van der Waals surface area contributed by atoms with Crippen molar-refractivity contribution in [1.82, 2.24) is 0 Å². The maximum absolute atomic E-state index is 6.11. The van der Waals surface area contributed by atoms with Crippen LogP contribution < -0.4 is 0 Å². The van der Waals surface area contributed by atoms with E-state index in [1.807, 2.05) is 0 Å². The highest BCUT2D eigenvalue weighted by Gasteiger charge is 2.19. The molecule has 0 unspecified atom stereocenters. The molecule has 1 aromatic carbocycles. The molecular formula is C10H8Cl6. The van der Waals surface area contributed by atoms with Crippen LogP contribution >= 0.6 is 69.6 Å². The fraction of sp³-hybridized carbons (Fsp3) is 0.400. The number of hydrogen-bond donors (Lipinski definition) is 0. The number of rotatable bonds is 4. The van der Waals surface area contributed by atoms with Crippen molar-refractivity contribution >= 4 is 69.6 Å². The van der Waals surface area contributed by atoms with E-state index < -0.39 is 0 Å². The third-order valence-electron chi connectivity index (χ3n) is 2.13. The third-order valence-corrected chi connectivity index (χ3v) is 4.37. The molecule has 0 aromatic heterocycles. The molecule has 0 radical (unpaired) electrons. The van der Waals surface area contributed by atoms with Crippen molar-refractivity contribution in [2.24, 2.45) is 0 Å². The molecule has 0 bridgehead atoms. The first-order valence-corrected chi connectivity index (χ1v) is 7.08. The molecule has 0 atom stereocenters. The Labute approximate surface area is 125 Å². The molecule has 0 amide bonds. The summed E-state index contributed by atoms with van der Waals surface area (Å²) in [5.41, 5.74) is 1.37. The lowest BCUT2D eigenvalue weighted by Gasteiger charge is -2.14. The first-order valence-electron chi connectivity index (χ1n) is 4.50. The van der Waals surface area contributed by atoms with Crippen molar-refractivity contribution in [3.8, 4) is 0 Å². The number of hydrogen-bond acceptors (Lipinski definition) is 0. The molecule has 0 nitrogen and oxygen atoms in total. The minimum atomic E-state index is 0.404. The van der Waals surface area contributed by atoms with Gasteiger partial charge in [-0.1, -0.05) is 46.4 Å². The smallest absolute Gasteiger partial charge is 0.0643 e. The predicted octanol–water partition coefficient (Wildman–Crippen LogP) is 5.86. The van der Waals surface area contributed by atoms with Gasteiger partial charge in [-0.25, -0.2) is 0 Å². The molecule has 1 rings (SSSR count). The molecule has 0 N–H and O–H groups in total. The van der Waals surface area contributed by atoms with Crippen molar-refractivity contribution in [3.05, 3.63) is 31.2 Å². The second kappa shape index (κ2) is 6.78. The van der Waals surface area contributed by atoms with Crippen LogP contribution in [0, 0.1) is 0 Å². The van der Waals surface area contributed by atoms with Crippen molar-refractivity contribution in [1.29, 1.82) is 0 Å². The van der Waals surface area contributed by atoms with Crippen LogP contribution in [-0.4, -0.2) is 11.8 Å². The topological polar surface area (TPSA) is 0 Å². The minimum absolute atomic E-state index is 0.404. The van der Waals surface area contributed by atoms with Crippen molar-refractivity contribution in [3.63, 3.8) is 0 Å². The van der Waals surface area contributed by atoms with Gasteiger partial charge in [0.15, 0.2) is 0 Å². The zero-order chi connectivity index (χ0) is 12.3. The maximum Gasteiger partial charge on any atom is 0.0643 e. The summed E-state index contributed by atoms with van der Waals surface area (Å²) in [5, 5.41) is 1.65. The zero-order valence-corrected chi connectivity index (χ0v) is 12.6. The van der Waals surface area contributed by atoms with E-state index in [2.05, 4.69) is 0 Å². The lowest BCUT2D eigenvalue weighted by atomic mass is 10.1. The van der Waals surface area contributed by atoms with Crippen molar-refractivity contribution < 1.29 is 0 Å². The predicted molar refractivity (Wildman–Crippen MR) is 75.3 cm³/mol. The molecule has 6 heteroatoms. The van der Waals surface area contributed by atoms with Gasteiger partial charge in [0.25, 0.3) is 0 Å². The highest BCUT2D eigenvalue weighted by Crippen LogP contribution is 2.41. The van der Waals surface area contributed by atoms with Crippen LogP contribution in [-0.2, 0) is 12.8 Å². The Hall–Kier alpha value is 0.960. The molecule has 0 heterocycles. The zero-order valence-electron chi connectivity index (χ0n) is 8.10. The van der Waals surface area contributed by atoms with E-state index in [1.165, 1.54) is 0 Å². The highest BCUT2D eigenvalue weighted by molar-refractivity contribution is 6.49. The Morgan fingerprint density at radius 2 is 0.812 bits per heavy atom. The van der Waals surface area contributed by atoms with E-state index in [0.29, 0.717) is 55.8 Å². The van der Waals surface area contributed by atoms with Gasteiger partial charge in [0, 0.05) is 11.8 Å². The monoisotopic (exact) mass is 338 g/mol. The summed E-state index contributed by atoms with van der Waals surface area (Å²) < 4.78 is 0. The number of halogens is 6. The molecule has 1 aromatic rings. The molecule has 0 aliphatic carbocycles. The summed E-state index contributed by atoms with van der Waals surface area (Å²) in [6.07, 6.45) is 1.06. The standard InChI is InChI=1S/C10H8Cl6/c11-3-1-5-7(13)9(15)6(2-4-12)10(16)8(5)14/h1-4H2. The quantitative estimate of drug-likeness (QED) is 0.475. The Morgan fingerprint density at radius 1 is 0.562 bits per heavy atom. The summed E-state index contributed by atoms with van der Waals surface area (Å²) in [6, 6.07) is 0. The fourth-order valence-corrected chi connectivity index (χ4v) is 3.04. The number of alkyl halides is 2. The minimum Gasteiger partial charge on any atom is -0.126 e. The Balaban J connectivity index is 3.37. The van der Waals surface area contributed by atoms with E-state index >= 15 is 0 Å². The van der Waals surface area contributed by atoms with E-state index in [4.69, 9.17) is 69.6 Å². The van der Waals surface area contributed by atoms with Gasteiger partial charge in [-0.3, -0.25) is 0 Å². The molecule has 0 saturated heterocycles. The van der Waals surface area contributed by atoms with Gasteiger partial charge in [-0.15, -0.1) is 23.2 Å². The average molecular weight is 341 g/mol. The maximum atomic E-state index is 6.11. The van der Waals surface area contributed by atoms with Gasteiger partial charge in [0.2, 0.25) is 0 Å². The summed E-state index contributed by atoms with van der Waals surface area (Å²) in [5.74, 6) is 0.807.